The number of carboxylic acid groups (broad SMARTS) is 1. The maximum atomic E-state index is 10.6. The van der Waals surface area contributed by atoms with E-state index in [1.165, 1.54) is 0 Å². The quantitative estimate of drug-likeness (QED) is 0.688. The van der Waals surface area contributed by atoms with Crippen LogP contribution in [0.2, 0.25) is 0 Å². The maximum absolute atomic E-state index is 10.6. The van der Waals surface area contributed by atoms with Crippen LogP contribution < -0.4 is 5.73 Å². The molecular formula is C8H12N2O2. The first-order chi connectivity index (χ1) is 5.66. The second kappa shape index (κ2) is 3.40. The van der Waals surface area contributed by atoms with Crippen molar-refractivity contribution in [2.75, 3.05) is 6.54 Å². The number of nitrogens with two attached hydrogens (primary N) is 1. The van der Waals surface area contributed by atoms with Crippen LogP contribution in [0, 0.1) is 6.92 Å². The van der Waals surface area contributed by atoms with E-state index in [0.29, 0.717) is 18.7 Å². The molecule has 0 aliphatic rings. The van der Waals surface area contributed by atoms with Crippen molar-refractivity contribution in [1.82, 2.24) is 4.57 Å². The highest BCUT2D eigenvalue weighted by Gasteiger charge is 2.09. The summed E-state index contributed by atoms with van der Waals surface area (Å²) in [6.45, 7) is 2.97. The van der Waals surface area contributed by atoms with Gasteiger partial charge >= 0.3 is 5.97 Å². The van der Waals surface area contributed by atoms with E-state index in [1.807, 2.05) is 4.57 Å². The molecule has 0 aliphatic carbocycles. The van der Waals surface area contributed by atoms with Crippen molar-refractivity contribution >= 4 is 5.97 Å². The van der Waals surface area contributed by atoms with E-state index in [2.05, 4.69) is 0 Å². The molecule has 0 unspecified atom stereocenters. The van der Waals surface area contributed by atoms with E-state index < -0.39 is 5.97 Å². The van der Waals surface area contributed by atoms with Gasteiger partial charge in [-0.3, -0.25) is 0 Å². The molecule has 0 saturated carbocycles. The Morgan fingerprint density at radius 3 is 2.83 bits per heavy atom. The fraction of sp³-hybridized carbons (Fsp3) is 0.375. The highest BCUT2D eigenvalue weighted by atomic mass is 16.4. The molecule has 3 N–H and O–H groups in total. The molecule has 12 heavy (non-hydrogen) atoms. The lowest BCUT2D eigenvalue weighted by Gasteiger charge is -2.02. The van der Waals surface area contributed by atoms with Crippen molar-refractivity contribution in [2.45, 2.75) is 13.5 Å². The van der Waals surface area contributed by atoms with E-state index >= 15 is 0 Å². The molecule has 4 heteroatoms. The Morgan fingerprint density at radius 2 is 2.42 bits per heavy atom. The van der Waals surface area contributed by atoms with Crippen LogP contribution >= 0.6 is 0 Å². The van der Waals surface area contributed by atoms with Gasteiger partial charge < -0.3 is 15.4 Å². The van der Waals surface area contributed by atoms with Crippen LogP contribution in [0.3, 0.4) is 0 Å². The van der Waals surface area contributed by atoms with Crippen LogP contribution in [-0.4, -0.2) is 22.2 Å². The van der Waals surface area contributed by atoms with Gasteiger partial charge in [0, 0.05) is 25.0 Å². The summed E-state index contributed by atoms with van der Waals surface area (Å²) in [7, 11) is 0. The number of hydrogen-bond donors (Lipinski definition) is 2. The lowest BCUT2D eigenvalue weighted by Crippen LogP contribution is -2.11. The Hall–Kier alpha value is -1.29. The maximum Gasteiger partial charge on any atom is 0.337 e. The van der Waals surface area contributed by atoms with E-state index in [0.717, 1.165) is 5.69 Å². The Bertz CT molecular complexity index is 291. The summed E-state index contributed by atoms with van der Waals surface area (Å²) in [5, 5.41) is 8.70. The molecule has 0 saturated heterocycles. The molecule has 1 rings (SSSR count). The van der Waals surface area contributed by atoms with Crippen LogP contribution in [0.4, 0.5) is 0 Å². The third kappa shape index (κ3) is 1.48. The highest BCUT2D eigenvalue weighted by molar-refractivity contribution is 5.88. The number of nitrogens with zero attached hydrogens (tertiary/aromatic N) is 1. The van der Waals surface area contributed by atoms with Gasteiger partial charge in [-0.05, 0) is 13.0 Å². The predicted molar refractivity (Wildman–Crippen MR) is 45.2 cm³/mol. The van der Waals surface area contributed by atoms with Gasteiger partial charge in [-0.25, -0.2) is 4.79 Å². The summed E-state index contributed by atoms with van der Waals surface area (Å²) in [4.78, 5) is 10.6. The molecule has 1 aromatic rings. The fourth-order valence-corrected chi connectivity index (χ4v) is 1.16. The van der Waals surface area contributed by atoms with E-state index in [9.17, 15) is 4.79 Å². The molecule has 1 heterocycles. The van der Waals surface area contributed by atoms with Gasteiger partial charge in [-0.2, -0.15) is 0 Å². The summed E-state index contributed by atoms with van der Waals surface area (Å²) in [5.74, 6) is -0.886. The molecule has 0 bridgehead atoms. The van der Waals surface area contributed by atoms with Crippen molar-refractivity contribution < 1.29 is 9.90 Å². The molecule has 1 aromatic heterocycles. The molecule has 0 atom stereocenters. The standard InChI is InChI=1S/C8H12N2O2/c1-6-7(8(11)12)2-4-10(6)5-3-9/h2,4H,3,5,9H2,1H3,(H,11,12). The minimum Gasteiger partial charge on any atom is -0.478 e. The summed E-state index contributed by atoms with van der Waals surface area (Å²) >= 11 is 0. The zero-order valence-electron chi connectivity index (χ0n) is 6.95. The van der Waals surface area contributed by atoms with E-state index in [1.54, 1.807) is 19.2 Å². The molecule has 66 valence electrons. The minimum absolute atomic E-state index is 0.350. The summed E-state index contributed by atoms with van der Waals surface area (Å²) in [5.41, 5.74) is 6.45. The molecule has 0 amide bonds. The Kier molecular flexibility index (Phi) is 2.50. The van der Waals surface area contributed by atoms with Gasteiger partial charge in [0.2, 0.25) is 0 Å². The Labute approximate surface area is 70.6 Å². The second-order valence-electron chi connectivity index (χ2n) is 2.60. The lowest BCUT2D eigenvalue weighted by molar-refractivity contribution is 0.0696. The molecular weight excluding hydrogens is 156 g/mol. The SMILES string of the molecule is Cc1c(C(=O)O)ccn1CCN. The van der Waals surface area contributed by atoms with Crippen molar-refractivity contribution in [3.05, 3.63) is 23.5 Å². The molecule has 0 radical (unpaired) electrons. The lowest BCUT2D eigenvalue weighted by atomic mass is 10.2. The number of aromatic carboxylic acids is 1. The van der Waals surface area contributed by atoms with Gasteiger partial charge in [-0.1, -0.05) is 0 Å². The average molecular weight is 168 g/mol. The third-order valence-corrected chi connectivity index (χ3v) is 1.84. The van der Waals surface area contributed by atoms with Gasteiger partial charge in [-0.15, -0.1) is 0 Å². The van der Waals surface area contributed by atoms with Crippen LogP contribution in [0.1, 0.15) is 16.1 Å². The van der Waals surface area contributed by atoms with Gasteiger partial charge in [0.25, 0.3) is 0 Å². The zero-order valence-corrected chi connectivity index (χ0v) is 6.95. The van der Waals surface area contributed by atoms with Gasteiger partial charge in [0.15, 0.2) is 0 Å². The van der Waals surface area contributed by atoms with Crippen LogP contribution in [-0.2, 0) is 6.54 Å². The van der Waals surface area contributed by atoms with Crippen molar-refractivity contribution in [3.8, 4) is 0 Å². The monoisotopic (exact) mass is 168 g/mol. The predicted octanol–water partition coefficient (Wildman–Crippen LogP) is 0.453. The normalized spacial score (nSPS) is 10.2. The van der Waals surface area contributed by atoms with Crippen LogP contribution in [0.15, 0.2) is 12.3 Å². The zero-order chi connectivity index (χ0) is 9.14. The molecule has 4 nitrogen and oxygen atoms in total. The van der Waals surface area contributed by atoms with E-state index in [4.69, 9.17) is 10.8 Å². The summed E-state index contributed by atoms with van der Waals surface area (Å²) in [6, 6.07) is 1.59. The number of aromatic nitrogens is 1. The first-order valence-electron chi connectivity index (χ1n) is 3.76. The topological polar surface area (TPSA) is 68.2 Å². The van der Waals surface area contributed by atoms with Gasteiger partial charge in [0.1, 0.15) is 0 Å². The van der Waals surface area contributed by atoms with Crippen molar-refractivity contribution in [3.63, 3.8) is 0 Å². The summed E-state index contributed by atoms with van der Waals surface area (Å²) < 4.78 is 1.84. The van der Waals surface area contributed by atoms with Gasteiger partial charge in [0.05, 0.1) is 5.56 Å². The van der Waals surface area contributed by atoms with Crippen molar-refractivity contribution in [1.29, 1.82) is 0 Å². The number of hydrogen-bond acceptors (Lipinski definition) is 2. The Balaban J connectivity index is 2.96. The molecule has 0 aromatic carbocycles. The molecule has 0 spiro atoms. The smallest absolute Gasteiger partial charge is 0.337 e. The third-order valence-electron chi connectivity index (χ3n) is 1.84. The van der Waals surface area contributed by atoms with Crippen LogP contribution in [0.25, 0.3) is 0 Å². The minimum atomic E-state index is -0.886. The van der Waals surface area contributed by atoms with Crippen LogP contribution in [0.5, 0.6) is 0 Å². The largest absolute Gasteiger partial charge is 0.478 e. The molecule has 0 aliphatic heterocycles. The molecule has 0 fully saturated rings. The fourth-order valence-electron chi connectivity index (χ4n) is 1.16. The first kappa shape index (κ1) is 8.80. The highest BCUT2D eigenvalue weighted by Crippen LogP contribution is 2.08. The number of rotatable bonds is 3. The van der Waals surface area contributed by atoms with Crippen molar-refractivity contribution in [2.24, 2.45) is 5.73 Å². The van der Waals surface area contributed by atoms with E-state index in [-0.39, 0.29) is 0 Å². The Morgan fingerprint density at radius 1 is 1.75 bits per heavy atom. The average Bonchev–Trinajstić information content (AvgIpc) is 2.34. The number of carbonyl (C=O) groups is 1. The first-order valence-corrected chi connectivity index (χ1v) is 3.76. The summed E-state index contributed by atoms with van der Waals surface area (Å²) in [6.07, 6.45) is 1.74. The number of carboxylic acids is 1. The second-order valence-corrected chi connectivity index (χ2v) is 2.60.